The van der Waals surface area contributed by atoms with Gasteiger partial charge in [-0.3, -0.25) is 15.0 Å². The molecule has 0 atom stereocenters. The Balaban J connectivity index is 2.28. The number of carbonyl (C=O) groups excluding carboxylic acids is 1. The van der Waals surface area contributed by atoms with Crippen molar-refractivity contribution >= 4 is 27.3 Å². The van der Waals surface area contributed by atoms with Gasteiger partial charge in [-0.05, 0) is 17.5 Å². The summed E-state index contributed by atoms with van der Waals surface area (Å²) < 4.78 is 2.48. The highest BCUT2D eigenvalue weighted by Crippen LogP contribution is 2.16. The van der Waals surface area contributed by atoms with E-state index in [1.807, 2.05) is 16.9 Å². The van der Waals surface area contributed by atoms with Crippen molar-refractivity contribution < 1.29 is 4.79 Å². The van der Waals surface area contributed by atoms with Gasteiger partial charge in [0.1, 0.15) is 0 Å². The second kappa shape index (κ2) is 4.46. The van der Waals surface area contributed by atoms with Crippen LogP contribution in [0.1, 0.15) is 6.42 Å². The number of nitrogens with one attached hydrogen (secondary N) is 1. The van der Waals surface area contributed by atoms with E-state index in [4.69, 9.17) is 5.84 Å². The molecule has 0 saturated carbocycles. The lowest BCUT2D eigenvalue weighted by atomic mass is 10.3. The van der Waals surface area contributed by atoms with Crippen LogP contribution in [0.25, 0.3) is 10.1 Å². The minimum Gasteiger partial charge on any atom is -0.314 e. The number of amides is 1. The van der Waals surface area contributed by atoms with E-state index in [2.05, 4.69) is 0 Å². The molecule has 5 nitrogen and oxygen atoms in total. The van der Waals surface area contributed by atoms with Gasteiger partial charge in [0, 0.05) is 23.9 Å². The van der Waals surface area contributed by atoms with Crippen molar-refractivity contribution in [2.75, 3.05) is 0 Å². The van der Waals surface area contributed by atoms with Crippen molar-refractivity contribution in [1.29, 1.82) is 0 Å². The summed E-state index contributed by atoms with van der Waals surface area (Å²) in [7, 11) is 0. The zero-order valence-electron chi connectivity index (χ0n) is 8.47. The van der Waals surface area contributed by atoms with Crippen LogP contribution >= 0.6 is 11.3 Å². The summed E-state index contributed by atoms with van der Waals surface area (Å²) >= 11 is 1.53. The average Bonchev–Trinajstić information content (AvgIpc) is 2.76. The molecule has 0 aromatic carbocycles. The highest BCUT2D eigenvalue weighted by atomic mass is 32.1. The molecule has 1 amide bonds. The number of pyridine rings is 1. The summed E-state index contributed by atoms with van der Waals surface area (Å²) in [5.74, 6) is 4.68. The fourth-order valence-corrected chi connectivity index (χ4v) is 2.25. The van der Waals surface area contributed by atoms with Crippen LogP contribution in [-0.4, -0.2) is 10.5 Å². The molecular weight excluding hydrogens is 226 g/mol. The molecule has 2 aromatic heterocycles. The van der Waals surface area contributed by atoms with Gasteiger partial charge in [-0.1, -0.05) is 0 Å². The van der Waals surface area contributed by atoms with Crippen LogP contribution < -0.4 is 16.8 Å². The first kappa shape index (κ1) is 10.8. The Kier molecular flexibility index (Phi) is 3.02. The second-order valence-corrected chi connectivity index (χ2v) is 4.28. The molecule has 0 aliphatic rings. The van der Waals surface area contributed by atoms with Gasteiger partial charge in [0.05, 0.1) is 5.39 Å². The summed E-state index contributed by atoms with van der Waals surface area (Å²) in [5, 5.41) is 2.57. The molecular formula is C10H11N3O2S. The lowest BCUT2D eigenvalue weighted by Gasteiger charge is -2.04. The number of thiophene rings is 1. The molecule has 0 saturated heterocycles. The summed E-state index contributed by atoms with van der Waals surface area (Å²) in [6.45, 7) is 0.341. The first-order chi connectivity index (χ1) is 7.72. The number of nitrogens with two attached hydrogens (primary N) is 1. The van der Waals surface area contributed by atoms with E-state index in [9.17, 15) is 9.59 Å². The Morgan fingerprint density at radius 1 is 1.50 bits per heavy atom. The summed E-state index contributed by atoms with van der Waals surface area (Å²) in [5.41, 5.74) is 1.97. The number of aryl methyl sites for hydroxylation is 1. The molecule has 0 fully saturated rings. The van der Waals surface area contributed by atoms with E-state index >= 15 is 0 Å². The van der Waals surface area contributed by atoms with Crippen molar-refractivity contribution in [1.82, 2.24) is 9.99 Å². The SMILES string of the molecule is NNC(=O)CCn1ccc2sccc2c1=O. The second-order valence-electron chi connectivity index (χ2n) is 3.33. The number of carbonyl (C=O) groups is 1. The fourth-order valence-electron chi connectivity index (χ4n) is 1.48. The molecule has 3 N–H and O–H groups in total. The maximum Gasteiger partial charge on any atom is 0.259 e. The minimum atomic E-state index is -0.280. The topological polar surface area (TPSA) is 77.1 Å². The van der Waals surface area contributed by atoms with E-state index in [0.29, 0.717) is 11.9 Å². The summed E-state index contributed by atoms with van der Waals surface area (Å²) in [4.78, 5) is 22.9. The molecule has 0 aliphatic carbocycles. The largest absolute Gasteiger partial charge is 0.314 e. The third kappa shape index (κ3) is 1.98. The predicted molar refractivity (Wildman–Crippen MR) is 63.0 cm³/mol. The van der Waals surface area contributed by atoms with Gasteiger partial charge in [-0.2, -0.15) is 0 Å². The molecule has 0 bridgehead atoms. The van der Waals surface area contributed by atoms with Crippen LogP contribution in [0.15, 0.2) is 28.5 Å². The molecule has 0 radical (unpaired) electrons. The van der Waals surface area contributed by atoms with Gasteiger partial charge in [-0.25, -0.2) is 5.84 Å². The van der Waals surface area contributed by atoms with Crippen LogP contribution in [0.5, 0.6) is 0 Å². The van der Waals surface area contributed by atoms with Crippen LogP contribution in [0.3, 0.4) is 0 Å². The molecule has 0 aliphatic heterocycles. The highest BCUT2D eigenvalue weighted by Gasteiger charge is 2.05. The lowest BCUT2D eigenvalue weighted by molar-refractivity contribution is -0.121. The molecule has 2 rings (SSSR count). The van der Waals surface area contributed by atoms with Gasteiger partial charge >= 0.3 is 0 Å². The predicted octanol–water partition coefficient (Wildman–Crippen LogP) is 0.443. The number of hydrazine groups is 1. The molecule has 6 heteroatoms. The zero-order valence-corrected chi connectivity index (χ0v) is 9.29. The maximum absolute atomic E-state index is 11.9. The lowest BCUT2D eigenvalue weighted by Crippen LogP contribution is -2.31. The Bertz CT molecular complexity index is 573. The monoisotopic (exact) mass is 237 g/mol. The Labute approximate surface area is 95.5 Å². The fraction of sp³-hybridized carbons (Fsp3) is 0.200. The Morgan fingerprint density at radius 3 is 3.06 bits per heavy atom. The number of hydrogen-bond donors (Lipinski definition) is 2. The number of hydrogen-bond acceptors (Lipinski definition) is 4. The summed E-state index contributed by atoms with van der Waals surface area (Å²) in [6, 6.07) is 3.67. The number of nitrogens with zero attached hydrogens (tertiary/aromatic N) is 1. The van der Waals surface area contributed by atoms with Crippen LogP contribution in [0, 0.1) is 0 Å². The zero-order chi connectivity index (χ0) is 11.5. The molecule has 2 heterocycles. The normalized spacial score (nSPS) is 10.6. The van der Waals surface area contributed by atoms with E-state index in [-0.39, 0.29) is 17.9 Å². The molecule has 0 unspecified atom stereocenters. The van der Waals surface area contributed by atoms with Crippen molar-refractivity contribution in [2.24, 2.45) is 5.84 Å². The van der Waals surface area contributed by atoms with Gasteiger partial charge in [0.2, 0.25) is 5.91 Å². The molecule has 2 aromatic rings. The molecule has 84 valence electrons. The van der Waals surface area contributed by atoms with Gasteiger partial charge in [0.15, 0.2) is 0 Å². The van der Waals surface area contributed by atoms with Crippen LogP contribution in [0.2, 0.25) is 0 Å². The van der Waals surface area contributed by atoms with Crippen molar-refractivity contribution in [3.63, 3.8) is 0 Å². The quantitative estimate of drug-likeness (QED) is 0.462. The van der Waals surface area contributed by atoms with E-state index in [1.165, 1.54) is 15.9 Å². The van der Waals surface area contributed by atoms with Gasteiger partial charge in [0.25, 0.3) is 5.56 Å². The van der Waals surface area contributed by atoms with E-state index in [0.717, 1.165) is 4.70 Å². The summed E-state index contributed by atoms with van der Waals surface area (Å²) in [6.07, 6.45) is 1.90. The van der Waals surface area contributed by atoms with Crippen LogP contribution in [0.4, 0.5) is 0 Å². The standard InChI is InChI=1S/C10H11N3O2S/c11-12-9(14)2-5-13-4-1-8-7(10(13)15)3-6-16-8/h1,3-4,6H,2,5,11H2,(H,12,14). The minimum absolute atomic E-state index is 0.0661. The Hall–Kier alpha value is -1.66. The number of fused-ring (bicyclic) bond motifs is 1. The van der Waals surface area contributed by atoms with E-state index in [1.54, 1.807) is 12.3 Å². The number of aromatic nitrogens is 1. The highest BCUT2D eigenvalue weighted by molar-refractivity contribution is 7.17. The average molecular weight is 237 g/mol. The first-order valence-corrected chi connectivity index (χ1v) is 5.66. The smallest absolute Gasteiger partial charge is 0.259 e. The molecule has 0 spiro atoms. The third-order valence-corrected chi connectivity index (χ3v) is 3.22. The molecule has 16 heavy (non-hydrogen) atoms. The third-order valence-electron chi connectivity index (χ3n) is 2.33. The van der Waals surface area contributed by atoms with Crippen molar-refractivity contribution in [2.45, 2.75) is 13.0 Å². The van der Waals surface area contributed by atoms with Crippen molar-refractivity contribution in [3.05, 3.63) is 34.1 Å². The number of rotatable bonds is 3. The Morgan fingerprint density at radius 2 is 2.31 bits per heavy atom. The van der Waals surface area contributed by atoms with E-state index < -0.39 is 0 Å². The van der Waals surface area contributed by atoms with Crippen molar-refractivity contribution in [3.8, 4) is 0 Å². The van der Waals surface area contributed by atoms with Gasteiger partial charge < -0.3 is 4.57 Å². The van der Waals surface area contributed by atoms with Crippen LogP contribution in [-0.2, 0) is 11.3 Å². The maximum atomic E-state index is 11.9. The first-order valence-electron chi connectivity index (χ1n) is 4.78. The van der Waals surface area contributed by atoms with Gasteiger partial charge in [-0.15, -0.1) is 11.3 Å².